The Morgan fingerprint density at radius 2 is 1.71 bits per heavy atom. The van der Waals surface area contributed by atoms with Gasteiger partial charge < -0.3 is 14.8 Å². The Morgan fingerprint density at radius 1 is 1.08 bits per heavy atom. The minimum atomic E-state index is -0.930. The summed E-state index contributed by atoms with van der Waals surface area (Å²) in [5, 5.41) is 2.87. The maximum atomic E-state index is 12.5. The zero-order valence-corrected chi connectivity index (χ0v) is 14.1. The van der Waals surface area contributed by atoms with Crippen molar-refractivity contribution in [1.82, 2.24) is 5.32 Å². The smallest absolute Gasteiger partial charge is 0.331 e. The second-order valence-corrected chi connectivity index (χ2v) is 6.07. The van der Waals surface area contributed by atoms with E-state index in [9.17, 15) is 14.4 Å². The highest BCUT2D eigenvalue weighted by Gasteiger charge is 2.42. The predicted octanol–water partition coefficient (Wildman–Crippen LogP) is 2.36. The molecule has 6 heteroatoms. The SMILES string of the molecule is COC(=O)C1(NC(=O)c2ccc(COC(C)=O)cc2)CCCCC1. The molecule has 0 saturated heterocycles. The molecule has 24 heavy (non-hydrogen) atoms. The van der Waals surface area contributed by atoms with Gasteiger partial charge in [-0.2, -0.15) is 0 Å². The number of ether oxygens (including phenoxy) is 2. The molecule has 130 valence electrons. The van der Waals surface area contributed by atoms with Crippen LogP contribution in [0.5, 0.6) is 0 Å². The molecule has 0 unspecified atom stereocenters. The van der Waals surface area contributed by atoms with Gasteiger partial charge in [-0.3, -0.25) is 9.59 Å². The third kappa shape index (κ3) is 4.34. The summed E-state index contributed by atoms with van der Waals surface area (Å²) < 4.78 is 9.81. The van der Waals surface area contributed by atoms with Gasteiger partial charge in [0.25, 0.3) is 5.91 Å². The van der Waals surface area contributed by atoms with Crippen LogP contribution in [0.4, 0.5) is 0 Å². The minimum Gasteiger partial charge on any atom is -0.467 e. The van der Waals surface area contributed by atoms with Crippen molar-refractivity contribution in [3.8, 4) is 0 Å². The van der Waals surface area contributed by atoms with Crippen molar-refractivity contribution in [1.29, 1.82) is 0 Å². The fraction of sp³-hybridized carbons (Fsp3) is 0.500. The third-order valence-electron chi connectivity index (χ3n) is 4.29. The summed E-state index contributed by atoms with van der Waals surface area (Å²) in [6.07, 6.45) is 4.01. The predicted molar refractivity (Wildman–Crippen MR) is 87.2 cm³/mol. The highest BCUT2D eigenvalue weighted by molar-refractivity contribution is 5.98. The van der Waals surface area contributed by atoms with Crippen LogP contribution >= 0.6 is 0 Å². The van der Waals surface area contributed by atoms with Gasteiger partial charge in [-0.05, 0) is 30.5 Å². The molecule has 1 fully saturated rings. The van der Waals surface area contributed by atoms with E-state index in [-0.39, 0.29) is 24.5 Å². The molecule has 1 aromatic carbocycles. The van der Waals surface area contributed by atoms with E-state index < -0.39 is 5.54 Å². The Morgan fingerprint density at radius 3 is 2.25 bits per heavy atom. The summed E-state index contributed by atoms with van der Waals surface area (Å²) >= 11 is 0. The van der Waals surface area contributed by atoms with Crippen LogP contribution in [0.3, 0.4) is 0 Å². The van der Waals surface area contributed by atoms with Crippen molar-refractivity contribution in [3.05, 3.63) is 35.4 Å². The van der Waals surface area contributed by atoms with E-state index in [1.807, 2.05) is 0 Å². The number of esters is 2. The van der Waals surface area contributed by atoms with E-state index in [1.165, 1.54) is 14.0 Å². The van der Waals surface area contributed by atoms with Gasteiger partial charge >= 0.3 is 11.9 Å². The van der Waals surface area contributed by atoms with Crippen molar-refractivity contribution < 1.29 is 23.9 Å². The van der Waals surface area contributed by atoms with Crippen LogP contribution < -0.4 is 5.32 Å². The zero-order valence-electron chi connectivity index (χ0n) is 14.1. The molecule has 6 nitrogen and oxygen atoms in total. The monoisotopic (exact) mass is 333 g/mol. The first-order chi connectivity index (χ1) is 11.5. The first-order valence-electron chi connectivity index (χ1n) is 8.10. The lowest BCUT2D eigenvalue weighted by molar-refractivity contribution is -0.149. The maximum absolute atomic E-state index is 12.5. The summed E-state index contributed by atoms with van der Waals surface area (Å²) in [5.41, 5.74) is 0.318. The molecule has 0 aromatic heterocycles. The summed E-state index contributed by atoms with van der Waals surface area (Å²) in [7, 11) is 1.34. The van der Waals surface area contributed by atoms with E-state index in [4.69, 9.17) is 9.47 Å². The number of hydrogen-bond donors (Lipinski definition) is 1. The summed E-state index contributed by atoms with van der Waals surface area (Å²) in [6.45, 7) is 1.52. The van der Waals surface area contributed by atoms with E-state index in [1.54, 1.807) is 24.3 Å². The Labute approximate surface area is 141 Å². The molecule has 1 saturated carbocycles. The molecule has 1 aliphatic rings. The third-order valence-corrected chi connectivity index (χ3v) is 4.29. The van der Waals surface area contributed by atoms with E-state index >= 15 is 0 Å². The summed E-state index contributed by atoms with van der Waals surface area (Å²) in [6, 6.07) is 6.76. The molecule has 1 N–H and O–H groups in total. The number of nitrogens with one attached hydrogen (secondary N) is 1. The average molecular weight is 333 g/mol. The first kappa shape index (κ1) is 18.0. The van der Waals surface area contributed by atoms with Gasteiger partial charge in [-0.1, -0.05) is 31.4 Å². The number of hydrogen-bond acceptors (Lipinski definition) is 5. The molecule has 0 atom stereocenters. The molecule has 0 radical (unpaired) electrons. The Bertz CT molecular complexity index is 602. The number of benzene rings is 1. The van der Waals surface area contributed by atoms with Crippen LogP contribution in [0, 0.1) is 0 Å². The lowest BCUT2D eigenvalue weighted by atomic mass is 9.81. The second kappa shape index (κ2) is 7.95. The van der Waals surface area contributed by atoms with Crippen LogP contribution in [-0.2, 0) is 25.7 Å². The van der Waals surface area contributed by atoms with Gasteiger partial charge in [-0.25, -0.2) is 4.79 Å². The van der Waals surface area contributed by atoms with E-state index in [0.717, 1.165) is 24.8 Å². The van der Waals surface area contributed by atoms with Crippen LogP contribution in [-0.4, -0.2) is 30.5 Å². The van der Waals surface area contributed by atoms with Crippen LogP contribution in [0.15, 0.2) is 24.3 Å². The Hall–Kier alpha value is -2.37. The summed E-state index contributed by atoms with van der Waals surface area (Å²) in [5.74, 6) is -1.04. The number of methoxy groups -OCH3 is 1. The van der Waals surface area contributed by atoms with Crippen molar-refractivity contribution in [2.75, 3.05) is 7.11 Å². The summed E-state index contributed by atoms with van der Waals surface area (Å²) in [4.78, 5) is 35.5. The van der Waals surface area contributed by atoms with Gasteiger partial charge in [0.1, 0.15) is 12.1 Å². The average Bonchev–Trinajstić information content (AvgIpc) is 2.60. The molecule has 1 aliphatic carbocycles. The van der Waals surface area contributed by atoms with Crippen LogP contribution in [0.2, 0.25) is 0 Å². The first-order valence-corrected chi connectivity index (χ1v) is 8.10. The quantitative estimate of drug-likeness (QED) is 0.837. The van der Waals surface area contributed by atoms with Gasteiger partial charge in [-0.15, -0.1) is 0 Å². The molecule has 0 heterocycles. The molecule has 2 rings (SSSR count). The van der Waals surface area contributed by atoms with E-state index in [2.05, 4.69) is 5.32 Å². The normalized spacial score (nSPS) is 16.1. The zero-order chi connectivity index (χ0) is 17.6. The number of carbonyl (C=O) groups is 3. The fourth-order valence-corrected chi connectivity index (χ4v) is 2.96. The van der Waals surface area contributed by atoms with E-state index in [0.29, 0.717) is 18.4 Å². The number of amides is 1. The van der Waals surface area contributed by atoms with Crippen molar-refractivity contribution in [2.24, 2.45) is 0 Å². The second-order valence-electron chi connectivity index (χ2n) is 6.07. The van der Waals surface area contributed by atoms with Gasteiger partial charge in [0.15, 0.2) is 0 Å². The van der Waals surface area contributed by atoms with Crippen molar-refractivity contribution >= 4 is 17.8 Å². The van der Waals surface area contributed by atoms with Gasteiger partial charge in [0.2, 0.25) is 0 Å². The Balaban J connectivity index is 2.07. The standard InChI is InChI=1S/C18H23NO5/c1-13(20)24-12-14-6-8-15(9-7-14)16(21)19-18(17(22)23-2)10-4-3-5-11-18/h6-9H,3-5,10-12H2,1-2H3,(H,19,21). The largest absolute Gasteiger partial charge is 0.467 e. The molecule has 0 aliphatic heterocycles. The maximum Gasteiger partial charge on any atom is 0.331 e. The fourth-order valence-electron chi connectivity index (χ4n) is 2.96. The van der Waals surface area contributed by atoms with Crippen LogP contribution in [0.25, 0.3) is 0 Å². The van der Waals surface area contributed by atoms with Gasteiger partial charge in [0, 0.05) is 12.5 Å². The Kier molecular flexibility index (Phi) is 5.95. The number of rotatable bonds is 5. The lowest BCUT2D eigenvalue weighted by Gasteiger charge is -2.35. The molecule has 1 aromatic rings. The lowest BCUT2D eigenvalue weighted by Crippen LogP contribution is -2.56. The van der Waals surface area contributed by atoms with Crippen LogP contribution in [0.1, 0.15) is 54.9 Å². The topological polar surface area (TPSA) is 81.7 Å². The van der Waals surface area contributed by atoms with Crippen molar-refractivity contribution in [3.63, 3.8) is 0 Å². The molecule has 0 spiro atoms. The minimum absolute atomic E-state index is 0.170. The molecular weight excluding hydrogens is 310 g/mol. The number of carbonyl (C=O) groups excluding carboxylic acids is 3. The molecule has 1 amide bonds. The highest BCUT2D eigenvalue weighted by Crippen LogP contribution is 2.29. The molecular formula is C18H23NO5. The van der Waals surface area contributed by atoms with Gasteiger partial charge in [0.05, 0.1) is 7.11 Å². The highest BCUT2D eigenvalue weighted by atomic mass is 16.5. The molecule has 0 bridgehead atoms. The van der Waals surface area contributed by atoms with Crippen molar-refractivity contribution in [2.45, 2.75) is 51.2 Å².